The second-order valence-corrected chi connectivity index (χ2v) is 4.51. The van der Waals surface area contributed by atoms with Crippen LogP contribution in [-0.2, 0) is 0 Å². The Hall–Kier alpha value is -1.02. The van der Waals surface area contributed by atoms with Crippen LogP contribution in [0.3, 0.4) is 0 Å². The second kappa shape index (κ2) is 5.17. The van der Waals surface area contributed by atoms with Gasteiger partial charge >= 0.3 is 0 Å². The molecule has 0 saturated heterocycles. The summed E-state index contributed by atoms with van der Waals surface area (Å²) in [7, 11) is 1.10. The molecule has 80 valence electrons. The van der Waals surface area contributed by atoms with E-state index in [9.17, 15) is 0 Å². The van der Waals surface area contributed by atoms with Crippen molar-refractivity contribution in [2.45, 2.75) is 25.7 Å². The molecule has 1 nitrogen and oxygen atoms in total. The van der Waals surface area contributed by atoms with Gasteiger partial charge in [0.2, 0.25) is 0 Å². The van der Waals surface area contributed by atoms with Gasteiger partial charge in [0.25, 0.3) is 0 Å². The van der Waals surface area contributed by atoms with E-state index in [0.29, 0.717) is 0 Å². The smallest absolute Gasteiger partial charge is 0.118 e. The first-order chi connectivity index (χ1) is 7.40. The van der Waals surface area contributed by atoms with Crippen molar-refractivity contribution in [2.75, 3.05) is 6.23 Å². The molecule has 0 bridgehead atoms. The second-order valence-electron chi connectivity index (χ2n) is 3.93. The molecule has 2 heteroatoms. The molecule has 0 saturated carbocycles. The third-order valence-corrected chi connectivity index (χ3v) is 3.12. The zero-order chi connectivity index (χ0) is 10.5. The Bertz CT molecular complexity index is 340. The Morgan fingerprint density at radius 3 is 2.53 bits per heavy atom. The van der Waals surface area contributed by atoms with Crippen LogP contribution in [0.25, 0.3) is 5.57 Å². The van der Waals surface area contributed by atoms with E-state index in [1.165, 1.54) is 36.8 Å². The van der Waals surface area contributed by atoms with Crippen molar-refractivity contribution in [3.63, 3.8) is 0 Å². The van der Waals surface area contributed by atoms with Gasteiger partial charge in [-0.2, -0.15) is 0 Å². The number of rotatable bonds is 3. The molecule has 1 aliphatic rings. The standard InChI is InChI=1S/C13H18OSi/c15-10-14-13-8-6-12(7-9-13)11-4-2-1-3-5-11/h4,6-9H,1-3,5,10H2,15H3. The summed E-state index contributed by atoms with van der Waals surface area (Å²) in [5.41, 5.74) is 2.88. The quantitative estimate of drug-likeness (QED) is 0.708. The molecule has 0 fully saturated rings. The Morgan fingerprint density at radius 2 is 1.93 bits per heavy atom. The summed E-state index contributed by atoms with van der Waals surface area (Å²) in [6.07, 6.45) is 8.43. The van der Waals surface area contributed by atoms with Gasteiger partial charge in [0.05, 0.1) is 16.5 Å². The molecular formula is C13H18OSi. The fourth-order valence-electron chi connectivity index (χ4n) is 2.03. The minimum Gasteiger partial charge on any atom is -0.498 e. The van der Waals surface area contributed by atoms with Gasteiger partial charge in [-0.3, -0.25) is 0 Å². The van der Waals surface area contributed by atoms with Gasteiger partial charge in [-0.05, 0) is 49.0 Å². The summed E-state index contributed by atoms with van der Waals surface area (Å²) in [5, 5.41) is 0. The van der Waals surface area contributed by atoms with E-state index < -0.39 is 0 Å². The van der Waals surface area contributed by atoms with Gasteiger partial charge in [-0.25, -0.2) is 0 Å². The third kappa shape index (κ3) is 2.72. The fraction of sp³-hybridized carbons (Fsp3) is 0.385. The van der Waals surface area contributed by atoms with Gasteiger partial charge < -0.3 is 4.74 Å². The summed E-state index contributed by atoms with van der Waals surface area (Å²) >= 11 is 0. The van der Waals surface area contributed by atoms with Crippen LogP contribution < -0.4 is 4.74 Å². The van der Waals surface area contributed by atoms with Gasteiger partial charge in [0.1, 0.15) is 5.75 Å². The lowest BCUT2D eigenvalue weighted by Crippen LogP contribution is -1.96. The average Bonchev–Trinajstić information content (AvgIpc) is 2.32. The molecule has 0 amide bonds. The monoisotopic (exact) mass is 218 g/mol. The van der Waals surface area contributed by atoms with E-state index in [2.05, 4.69) is 30.3 Å². The summed E-state index contributed by atoms with van der Waals surface area (Å²) in [6, 6.07) is 8.54. The Labute approximate surface area is 94.6 Å². The van der Waals surface area contributed by atoms with Crippen LogP contribution in [0.2, 0.25) is 0 Å². The first kappa shape index (κ1) is 10.5. The number of ether oxygens (including phenoxy) is 1. The van der Waals surface area contributed by atoms with Crippen LogP contribution in [0.5, 0.6) is 5.75 Å². The molecule has 1 aliphatic carbocycles. The molecule has 0 aromatic heterocycles. The number of hydrogen-bond acceptors (Lipinski definition) is 1. The van der Waals surface area contributed by atoms with Crippen LogP contribution in [0.1, 0.15) is 31.2 Å². The van der Waals surface area contributed by atoms with E-state index in [1.54, 1.807) is 0 Å². The van der Waals surface area contributed by atoms with Crippen LogP contribution in [0.4, 0.5) is 0 Å². The van der Waals surface area contributed by atoms with E-state index in [0.717, 1.165) is 22.2 Å². The van der Waals surface area contributed by atoms with E-state index in [1.807, 2.05) is 0 Å². The molecule has 0 spiro atoms. The van der Waals surface area contributed by atoms with Crippen molar-refractivity contribution in [2.24, 2.45) is 0 Å². The summed E-state index contributed by atoms with van der Waals surface area (Å²) in [4.78, 5) is 0. The number of allylic oxidation sites excluding steroid dienone is 2. The van der Waals surface area contributed by atoms with E-state index in [4.69, 9.17) is 4.74 Å². The highest BCUT2D eigenvalue weighted by Crippen LogP contribution is 2.27. The summed E-state index contributed by atoms with van der Waals surface area (Å²) in [5.74, 6) is 1.00. The van der Waals surface area contributed by atoms with E-state index >= 15 is 0 Å². The zero-order valence-electron chi connectivity index (χ0n) is 9.33. The molecule has 15 heavy (non-hydrogen) atoms. The van der Waals surface area contributed by atoms with E-state index in [-0.39, 0.29) is 0 Å². The van der Waals surface area contributed by atoms with Crippen molar-refractivity contribution in [3.8, 4) is 5.75 Å². The normalized spacial score (nSPS) is 16.1. The Morgan fingerprint density at radius 1 is 1.13 bits per heavy atom. The highest BCUT2D eigenvalue weighted by molar-refractivity contribution is 6.08. The van der Waals surface area contributed by atoms with Crippen molar-refractivity contribution in [3.05, 3.63) is 35.9 Å². The largest absolute Gasteiger partial charge is 0.498 e. The maximum absolute atomic E-state index is 5.49. The van der Waals surface area contributed by atoms with Crippen molar-refractivity contribution < 1.29 is 4.74 Å². The Kier molecular flexibility index (Phi) is 3.62. The van der Waals surface area contributed by atoms with Gasteiger partial charge in [-0.15, -0.1) is 0 Å². The lowest BCUT2D eigenvalue weighted by Gasteiger charge is -2.13. The minimum absolute atomic E-state index is 0.877. The SMILES string of the molecule is [SiH3]COc1ccc(C2=CCCCC2)cc1. The van der Waals surface area contributed by atoms with Crippen LogP contribution in [0.15, 0.2) is 30.3 Å². The highest BCUT2D eigenvalue weighted by Gasteiger charge is 2.05. The van der Waals surface area contributed by atoms with Gasteiger partial charge in [-0.1, -0.05) is 18.2 Å². The van der Waals surface area contributed by atoms with Crippen LogP contribution >= 0.6 is 0 Å². The molecule has 0 radical (unpaired) electrons. The van der Waals surface area contributed by atoms with Gasteiger partial charge in [0.15, 0.2) is 0 Å². The lowest BCUT2D eigenvalue weighted by atomic mass is 9.94. The number of benzene rings is 1. The molecule has 0 heterocycles. The van der Waals surface area contributed by atoms with Crippen LogP contribution in [0, 0.1) is 0 Å². The molecule has 1 aromatic rings. The zero-order valence-corrected chi connectivity index (χ0v) is 11.3. The highest BCUT2D eigenvalue weighted by atomic mass is 28.1. The lowest BCUT2D eigenvalue weighted by molar-refractivity contribution is 0.387. The van der Waals surface area contributed by atoms with Crippen molar-refractivity contribution in [1.82, 2.24) is 0 Å². The molecule has 2 rings (SSSR count). The van der Waals surface area contributed by atoms with Crippen LogP contribution in [-0.4, -0.2) is 16.5 Å². The first-order valence-electron chi connectivity index (χ1n) is 5.82. The Balaban J connectivity index is 2.12. The molecule has 0 N–H and O–H groups in total. The average molecular weight is 218 g/mol. The number of hydrogen-bond donors (Lipinski definition) is 0. The maximum atomic E-state index is 5.49. The first-order valence-corrected chi connectivity index (χ1v) is 7.24. The van der Waals surface area contributed by atoms with Gasteiger partial charge in [0, 0.05) is 0 Å². The topological polar surface area (TPSA) is 9.23 Å². The maximum Gasteiger partial charge on any atom is 0.118 e. The fourth-order valence-corrected chi connectivity index (χ4v) is 2.37. The van der Waals surface area contributed by atoms with Crippen molar-refractivity contribution >= 4 is 15.8 Å². The predicted molar refractivity (Wildman–Crippen MR) is 68.3 cm³/mol. The minimum atomic E-state index is 0.877. The van der Waals surface area contributed by atoms with Crippen molar-refractivity contribution in [1.29, 1.82) is 0 Å². The molecule has 0 atom stereocenters. The third-order valence-electron chi connectivity index (χ3n) is 2.83. The molecule has 0 aliphatic heterocycles. The molecule has 0 unspecified atom stereocenters. The summed E-state index contributed by atoms with van der Waals surface area (Å²) < 4.78 is 5.49. The molecular weight excluding hydrogens is 200 g/mol. The predicted octanol–water partition coefficient (Wildman–Crippen LogP) is 2.35. The summed E-state index contributed by atoms with van der Waals surface area (Å²) in [6.45, 7) is 0. The molecule has 1 aromatic carbocycles.